The number of aryl methyl sites for hydroxylation is 1. The lowest BCUT2D eigenvalue weighted by atomic mass is 10.0. The molecule has 1 fully saturated rings. The van der Waals surface area contributed by atoms with Crippen LogP contribution < -0.4 is 5.69 Å². The number of imidazole rings is 1. The van der Waals surface area contributed by atoms with Crippen molar-refractivity contribution in [2.24, 2.45) is 5.92 Å². The summed E-state index contributed by atoms with van der Waals surface area (Å²) in [5.41, 5.74) is 4.35. The summed E-state index contributed by atoms with van der Waals surface area (Å²) in [4.78, 5) is 30.6. The predicted molar refractivity (Wildman–Crippen MR) is 132 cm³/mol. The highest BCUT2D eigenvalue weighted by Crippen LogP contribution is 2.32. The highest BCUT2D eigenvalue weighted by molar-refractivity contribution is 5.85. The molecule has 4 aromatic rings. The van der Waals surface area contributed by atoms with E-state index in [4.69, 9.17) is 0 Å². The van der Waals surface area contributed by atoms with Crippen molar-refractivity contribution in [3.63, 3.8) is 0 Å². The number of rotatable bonds is 8. The van der Waals surface area contributed by atoms with Gasteiger partial charge in [-0.1, -0.05) is 50.6 Å². The van der Waals surface area contributed by atoms with Crippen molar-refractivity contribution in [2.75, 3.05) is 0 Å². The molecule has 180 valence electrons. The molecule has 0 saturated heterocycles. The molecular formula is C26H29N7O2. The minimum absolute atomic E-state index is 0.115. The van der Waals surface area contributed by atoms with Gasteiger partial charge in [-0.05, 0) is 47.2 Å². The zero-order valence-corrected chi connectivity index (χ0v) is 20.0. The second-order valence-electron chi connectivity index (χ2n) is 9.27. The molecule has 0 amide bonds. The number of hydrogen-bond donors (Lipinski definition) is 1. The summed E-state index contributed by atoms with van der Waals surface area (Å²) in [6.45, 7) is 4.61. The van der Waals surface area contributed by atoms with Crippen LogP contribution >= 0.6 is 0 Å². The van der Waals surface area contributed by atoms with Crippen molar-refractivity contribution < 1.29 is 4.79 Å². The molecule has 0 radical (unpaired) electrons. The first-order valence-corrected chi connectivity index (χ1v) is 12.2. The molecule has 35 heavy (non-hydrogen) atoms. The Labute approximate surface area is 203 Å². The highest BCUT2D eigenvalue weighted by atomic mass is 16.2. The number of Topliss-reactive ketones (excluding diaryl/α,β-unsaturated/α-hetero) is 1. The van der Waals surface area contributed by atoms with Gasteiger partial charge in [0.25, 0.3) is 0 Å². The molecule has 2 atom stereocenters. The van der Waals surface area contributed by atoms with Crippen LogP contribution in [-0.2, 0) is 17.8 Å². The van der Waals surface area contributed by atoms with E-state index in [1.54, 1.807) is 9.13 Å². The maximum atomic E-state index is 13.4. The van der Waals surface area contributed by atoms with E-state index < -0.39 is 0 Å². The third kappa shape index (κ3) is 4.45. The summed E-state index contributed by atoms with van der Waals surface area (Å²) in [6, 6.07) is 11.4. The number of benzene rings is 1. The number of carbonyl (C=O) groups excluding carboxylic acids is 1. The normalized spacial score (nSPS) is 17.8. The fraction of sp³-hybridized carbons (Fsp3) is 0.385. The number of aromatic amines is 1. The first-order chi connectivity index (χ1) is 17.1. The smallest absolute Gasteiger partial charge is 0.297 e. The molecule has 0 spiro atoms. The largest absolute Gasteiger partial charge is 0.329 e. The number of nitrogens with zero attached hydrogens (tertiary/aromatic N) is 6. The second kappa shape index (κ2) is 9.77. The number of ketones is 1. The van der Waals surface area contributed by atoms with Crippen molar-refractivity contribution in [1.29, 1.82) is 0 Å². The number of carbonyl (C=O) groups is 1. The first-order valence-electron chi connectivity index (χ1n) is 12.2. The van der Waals surface area contributed by atoms with Crippen LogP contribution in [0, 0.1) is 5.92 Å². The Morgan fingerprint density at radius 1 is 1.11 bits per heavy atom. The van der Waals surface area contributed by atoms with E-state index in [1.165, 1.54) is 0 Å². The van der Waals surface area contributed by atoms with Crippen LogP contribution in [0.25, 0.3) is 22.6 Å². The molecule has 3 aromatic heterocycles. The molecule has 1 saturated carbocycles. The topological polar surface area (TPSA) is 111 Å². The van der Waals surface area contributed by atoms with Crippen LogP contribution in [0.4, 0.5) is 0 Å². The molecular weight excluding hydrogens is 442 g/mol. The van der Waals surface area contributed by atoms with Gasteiger partial charge in [0.2, 0.25) is 0 Å². The Kier molecular flexibility index (Phi) is 6.39. The SMILES string of the molecule is CCCCc1cn(C2C(=O)CCC2C)c(=O)n1Cc1ccc(-c2ccccc2-c2nnn[nH]2)nc1. The van der Waals surface area contributed by atoms with Gasteiger partial charge in [-0.3, -0.25) is 18.9 Å². The lowest BCUT2D eigenvalue weighted by Gasteiger charge is -2.14. The van der Waals surface area contributed by atoms with Crippen LogP contribution in [-0.4, -0.2) is 40.5 Å². The summed E-state index contributed by atoms with van der Waals surface area (Å²) in [6.07, 6.45) is 7.93. The molecule has 1 aliphatic rings. The number of hydrogen-bond acceptors (Lipinski definition) is 6. The van der Waals surface area contributed by atoms with E-state index in [2.05, 4.69) is 39.5 Å². The van der Waals surface area contributed by atoms with Gasteiger partial charge in [-0.2, -0.15) is 0 Å². The van der Waals surface area contributed by atoms with Crippen LogP contribution in [0.2, 0.25) is 0 Å². The van der Waals surface area contributed by atoms with Crippen molar-refractivity contribution in [2.45, 2.75) is 58.5 Å². The molecule has 2 unspecified atom stereocenters. The molecule has 5 rings (SSSR count). The quantitative estimate of drug-likeness (QED) is 0.418. The second-order valence-corrected chi connectivity index (χ2v) is 9.27. The lowest BCUT2D eigenvalue weighted by molar-refractivity contribution is -0.120. The number of pyridine rings is 1. The molecule has 1 N–H and O–H groups in total. The standard InChI is InChI=1S/C26H29N7O2/c1-3-4-7-19-16-33(24-17(2)10-13-23(24)34)26(35)32(19)15-18-11-12-22(27-14-18)20-8-5-6-9-21(20)25-28-30-31-29-25/h5-6,8-9,11-12,14,16-17,24H,3-4,7,10,13,15H2,1-2H3,(H,28,29,30,31). The summed E-state index contributed by atoms with van der Waals surface area (Å²) in [5, 5.41) is 14.2. The van der Waals surface area contributed by atoms with E-state index in [9.17, 15) is 9.59 Å². The summed E-state index contributed by atoms with van der Waals surface area (Å²) in [5.74, 6) is 0.914. The van der Waals surface area contributed by atoms with Crippen molar-refractivity contribution >= 4 is 5.78 Å². The van der Waals surface area contributed by atoms with Crippen molar-refractivity contribution in [3.05, 3.63) is 70.5 Å². The van der Waals surface area contributed by atoms with Gasteiger partial charge in [-0.25, -0.2) is 9.89 Å². The number of aromatic nitrogens is 7. The molecule has 3 heterocycles. The minimum atomic E-state index is -0.355. The Balaban J connectivity index is 1.45. The average Bonchev–Trinajstić information content (AvgIpc) is 3.60. The molecule has 0 bridgehead atoms. The Hall–Kier alpha value is -3.88. The van der Waals surface area contributed by atoms with E-state index >= 15 is 0 Å². The zero-order chi connectivity index (χ0) is 24.4. The number of unbranched alkanes of at least 4 members (excludes halogenated alkanes) is 1. The van der Waals surface area contributed by atoms with Gasteiger partial charge in [0, 0.05) is 35.6 Å². The zero-order valence-electron chi connectivity index (χ0n) is 20.0. The van der Waals surface area contributed by atoms with Crippen LogP contribution in [0.5, 0.6) is 0 Å². The first kappa shape index (κ1) is 22.9. The van der Waals surface area contributed by atoms with Gasteiger partial charge in [-0.15, -0.1) is 5.10 Å². The average molecular weight is 472 g/mol. The Morgan fingerprint density at radius 2 is 1.94 bits per heavy atom. The Bertz CT molecular complexity index is 1370. The summed E-state index contributed by atoms with van der Waals surface area (Å²) in [7, 11) is 0. The maximum Gasteiger partial charge on any atom is 0.329 e. The van der Waals surface area contributed by atoms with E-state index in [-0.39, 0.29) is 23.4 Å². The third-order valence-electron chi connectivity index (χ3n) is 6.86. The fourth-order valence-corrected chi connectivity index (χ4v) is 4.94. The van der Waals surface area contributed by atoms with Gasteiger partial charge in [0.05, 0.1) is 18.3 Å². The van der Waals surface area contributed by atoms with E-state index in [0.29, 0.717) is 18.8 Å². The molecule has 1 aromatic carbocycles. The van der Waals surface area contributed by atoms with Gasteiger partial charge in [0.15, 0.2) is 11.6 Å². The molecule has 0 aliphatic heterocycles. The monoisotopic (exact) mass is 471 g/mol. The molecule has 1 aliphatic carbocycles. The summed E-state index contributed by atoms with van der Waals surface area (Å²) >= 11 is 0. The minimum Gasteiger partial charge on any atom is -0.297 e. The molecule has 9 heteroatoms. The highest BCUT2D eigenvalue weighted by Gasteiger charge is 2.34. The van der Waals surface area contributed by atoms with Gasteiger partial charge in [0.1, 0.15) is 0 Å². The van der Waals surface area contributed by atoms with Gasteiger partial charge < -0.3 is 0 Å². The number of tetrazole rings is 1. The van der Waals surface area contributed by atoms with Crippen LogP contribution in [0.3, 0.4) is 0 Å². The lowest BCUT2D eigenvalue weighted by Crippen LogP contribution is -2.31. The van der Waals surface area contributed by atoms with Crippen molar-refractivity contribution in [3.8, 4) is 22.6 Å². The predicted octanol–water partition coefficient (Wildman–Crippen LogP) is 3.82. The third-order valence-corrected chi connectivity index (χ3v) is 6.86. The molecule has 9 nitrogen and oxygen atoms in total. The van der Waals surface area contributed by atoms with Crippen LogP contribution in [0.15, 0.2) is 53.6 Å². The number of H-pyrrole nitrogens is 1. The van der Waals surface area contributed by atoms with E-state index in [1.807, 2.05) is 48.8 Å². The Morgan fingerprint density at radius 3 is 2.60 bits per heavy atom. The van der Waals surface area contributed by atoms with Crippen LogP contribution in [0.1, 0.15) is 56.8 Å². The van der Waals surface area contributed by atoms with E-state index in [0.717, 1.165) is 53.8 Å². The maximum absolute atomic E-state index is 13.4. The number of nitrogens with one attached hydrogen (secondary N) is 1. The summed E-state index contributed by atoms with van der Waals surface area (Å²) < 4.78 is 3.48. The van der Waals surface area contributed by atoms with Crippen molar-refractivity contribution in [1.82, 2.24) is 34.7 Å². The van der Waals surface area contributed by atoms with Gasteiger partial charge >= 0.3 is 5.69 Å². The fourth-order valence-electron chi connectivity index (χ4n) is 4.94.